The number of aliphatic hydroxyl groups excluding tert-OH is 1. The zero-order valence-electron chi connectivity index (χ0n) is 11.5. The molecule has 2 aromatic carbocycles. The highest BCUT2D eigenvalue weighted by Crippen LogP contribution is 2.36. The van der Waals surface area contributed by atoms with Crippen molar-refractivity contribution in [3.05, 3.63) is 68.2 Å². The zero-order chi connectivity index (χ0) is 15.6. The number of rotatable bonds is 4. The Bertz CT molecular complexity index is 645. The van der Waals surface area contributed by atoms with E-state index in [-0.39, 0.29) is 12.5 Å². The van der Waals surface area contributed by atoms with Gasteiger partial charge in [-0.05, 0) is 41.8 Å². The van der Waals surface area contributed by atoms with E-state index in [1.54, 1.807) is 24.3 Å². The molecule has 0 saturated heterocycles. The summed E-state index contributed by atoms with van der Waals surface area (Å²) in [6, 6.07) is 10.7. The predicted octanol–water partition coefficient (Wildman–Crippen LogP) is 4.73. The van der Waals surface area contributed by atoms with Gasteiger partial charge in [0.1, 0.15) is 0 Å². The van der Waals surface area contributed by atoms with Crippen molar-refractivity contribution in [1.29, 1.82) is 0 Å². The van der Waals surface area contributed by atoms with Gasteiger partial charge in [0.25, 0.3) is 0 Å². The van der Waals surface area contributed by atoms with E-state index in [9.17, 15) is 5.11 Å². The zero-order valence-corrected chi connectivity index (χ0v) is 13.8. The van der Waals surface area contributed by atoms with Gasteiger partial charge in [-0.1, -0.05) is 53.0 Å². The minimum absolute atomic E-state index is 0.258. The summed E-state index contributed by atoms with van der Waals surface area (Å²) in [6.45, 7) is 2.17. The van der Waals surface area contributed by atoms with Crippen LogP contribution in [0.1, 0.15) is 28.7 Å². The molecule has 0 aliphatic heterocycles. The largest absolute Gasteiger partial charge is 0.388 e. The second-order valence-corrected chi connectivity index (χ2v) is 6.21. The van der Waals surface area contributed by atoms with E-state index in [2.05, 4.69) is 0 Å². The Morgan fingerprint density at radius 2 is 1.76 bits per heavy atom. The Morgan fingerprint density at radius 3 is 2.33 bits per heavy atom. The Morgan fingerprint density at radius 1 is 1.05 bits per heavy atom. The lowest BCUT2D eigenvalue weighted by Crippen LogP contribution is -2.20. The second kappa shape index (κ2) is 6.99. The van der Waals surface area contributed by atoms with Crippen LogP contribution >= 0.6 is 34.8 Å². The molecule has 2 nitrogen and oxygen atoms in total. The average molecular weight is 345 g/mol. The quantitative estimate of drug-likeness (QED) is 0.842. The molecule has 0 spiro atoms. The second-order valence-electron chi connectivity index (χ2n) is 4.96. The monoisotopic (exact) mass is 343 g/mol. The number of hydrogen-bond donors (Lipinski definition) is 2. The van der Waals surface area contributed by atoms with Gasteiger partial charge in [-0.25, -0.2) is 0 Å². The van der Waals surface area contributed by atoms with Crippen LogP contribution in [-0.2, 0) is 0 Å². The van der Waals surface area contributed by atoms with E-state index >= 15 is 0 Å². The summed E-state index contributed by atoms with van der Waals surface area (Å²) in [5.41, 5.74) is 8.28. The normalized spacial score (nSPS) is 14.0. The lowest BCUT2D eigenvalue weighted by molar-refractivity contribution is 0.147. The Balaban J connectivity index is 2.37. The molecule has 0 fully saturated rings. The van der Waals surface area contributed by atoms with Gasteiger partial charge in [-0.2, -0.15) is 0 Å². The van der Waals surface area contributed by atoms with Crippen LogP contribution in [0.25, 0.3) is 0 Å². The van der Waals surface area contributed by atoms with Gasteiger partial charge in [0.2, 0.25) is 0 Å². The maximum absolute atomic E-state index is 10.6. The molecular weight excluding hydrogens is 329 g/mol. The maximum atomic E-state index is 10.6. The smallest absolute Gasteiger partial charge is 0.0871 e. The number of hydrogen-bond acceptors (Lipinski definition) is 2. The molecule has 3 N–H and O–H groups in total. The molecule has 0 aliphatic carbocycles. The van der Waals surface area contributed by atoms with Crippen LogP contribution in [-0.4, -0.2) is 11.7 Å². The van der Waals surface area contributed by atoms with Crippen LogP contribution < -0.4 is 5.73 Å². The Labute approximate surface area is 139 Å². The van der Waals surface area contributed by atoms with Crippen LogP contribution in [0.2, 0.25) is 15.1 Å². The maximum Gasteiger partial charge on any atom is 0.0871 e. The summed E-state index contributed by atoms with van der Waals surface area (Å²) < 4.78 is 0. The van der Waals surface area contributed by atoms with Crippen molar-refractivity contribution in [2.24, 2.45) is 5.73 Å². The lowest BCUT2D eigenvalue weighted by Gasteiger charge is -2.23. The summed E-state index contributed by atoms with van der Waals surface area (Å²) in [5, 5.41) is 12.3. The van der Waals surface area contributed by atoms with E-state index in [0.29, 0.717) is 20.6 Å². The van der Waals surface area contributed by atoms with Gasteiger partial charge in [0.05, 0.1) is 6.10 Å². The first-order valence-corrected chi connectivity index (χ1v) is 7.66. The van der Waals surface area contributed by atoms with Crippen LogP contribution in [0, 0.1) is 6.92 Å². The van der Waals surface area contributed by atoms with E-state index in [0.717, 1.165) is 11.1 Å². The Hall–Kier alpha value is -0.770. The number of halogens is 3. The fourth-order valence-electron chi connectivity index (χ4n) is 2.25. The fourth-order valence-corrected chi connectivity index (χ4v) is 2.99. The van der Waals surface area contributed by atoms with Crippen molar-refractivity contribution >= 4 is 34.8 Å². The fraction of sp³-hybridized carbons (Fsp3) is 0.250. The SMILES string of the molecule is Cc1ccc(C(O)C(CN)c2ccc(Cl)cc2Cl)cc1Cl. The van der Waals surface area contributed by atoms with Crippen molar-refractivity contribution < 1.29 is 5.11 Å². The molecular formula is C16H16Cl3NO. The van der Waals surface area contributed by atoms with Gasteiger partial charge in [-0.15, -0.1) is 0 Å². The highest BCUT2D eigenvalue weighted by Gasteiger charge is 2.24. The third-order valence-electron chi connectivity index (χ3n) is 3.53. The molecule has 0 bridgehead atoms. The predicted molar refractivity (Wildman–Crippen MR) is 89.4 cm³/mol. The minimum Gasteiger partial charge on any atom is -0.388 e. The van der Waals surface area contributed by atoms with Crippen molar-refractivity contribution in [2.75, 3.05) is 6.54 Å². The lowest BCUT2D eigenvalue weighted by atomic mass is 9.89. The summed E-state index contributed by atoms with van der Waals surface area (Å²) in [4.78, 5) is 0. The van der Waals surface area contributed by atoms with Gasteiger partial charge >= 0.3 is 0 Å². The Kier molecular flexibility index (Phi) is 5.53. The van der Waals surface area contributed by atoms with Crippen molar-refractivity contribution in [1.82, 2.24) is 0 Å². The van der Waals surface area contributed by atoms with E-state index < -0.39 is 6.10 Å². The molecule has 2 unspecified atom stereocenters. The van der Waals surface area contributed by atoms with Gasteiger partial charge < -0.3 is 10.8 Å². The molecule has 5 heteroatoms. The third-order valence-corrected chi connectivity index (χ3v) is 4.50. The number of benzene rings is 2. The molecule has 2 aromatic rings. The summed E-state index contributed by atoms with van der Waals surface area (Å²) >= 11 is 18.2. The summed E-state index contributed by atoms with van der Waals surface area (Å²) in [6.07, 6.45) is -0.785. The van der Waals surface area contributed by atoms with Gasteiger partial charge in [-0.3, -0.25) is 0 Å². The van der Waals surface area contributed by atoms with Gasteiger partial charge in [0, 0.05) is 27.5 Å². The van der Waals surface area contributed by atoms with E-state index in [1.165, 1.54) is 0 Å². The standard InChI is InChI=1S/C16H16Cl3NO/c1-9-2-3-10(6-14(9)18)16(21)13(8-20)12-5-4-11(17)7-15(12)19/h2-7,13,16,21H,8,20H2,1H3. The highest BCUT2D eigenvalue weighted by molar-refractivity contribution is 6.35. The summed E-state index contributed by atoms with van der Waals surface area (Å²) in [5.74, 6) is -0.325. The number of nitrogens with two attached hydrogens (primary N) is 1. The van der Waals surface area contributed by atoms with Crippen LogP contribution in [0.5, 0.6) is 0 Å². The first-order valence-electron chi connectivity index (χ1n) is 6.53. The van der Waals surface area contributed by atoms with Crippen molar-refractivity contribution in [3.63, 3.8) is 0 Å². The molecule has 0 aliphatic rings. The molecule has 0 heterocycles. The number of aryl methyl sites for hydroxylation is 1. The molecule has 0 amide bonds. The molecule has 2 rings (SSSR count). The molecule has 0 saturated carbocycles. The molecule has 0 aromatic heterocycles. The summed E-state index contributed by atoms with van der Waals surface area (Å²) in [7, 11) is 0. The van der Waals surface area contributed by atoms with Crippen LogP contribution in [0.3, 0.4) is 0 Å². The van der Waals surface area contributed by atoms with Crippen LogP contribution in [0.15, 0.2) is 36.4 Å². The van der Waals surface area contributed by atoms with Crippen LogP contribution in [0.4, 0.5) is 0 Å². The molecule has 21 heavy (non-hydrogen) atoms. The number of aliphatic hydroxyl groups is 1. The minimum atomic E-state index is -0.785. The van der Waals surface area contributed by atoms with Gasteiger partial charge in [0.15, 0.2) is 0 Å². The first kappa shape index (κ1) is 16.6. The molecule has 112 valence electrons. The highest BCUT2D eigenvalue weighted by atomic mass is 35.5. The third kappa shape index (κ3) is 3.71. The molecule has 0 radical (unpaired) electrons. The average Bonchev–Trinajstić information content (AvgIpc) is 2.44. The molecule has 2 atom stereocenters. The van der Waals surface area contributed by atoms with Crippen molar-refractivity contribution in [3.8, 4) is 0 Å². The first-order chi connectivity index (χ1) is 9.93. The van der Waals surface area contributed by atoms with E-state index in [1.807, 2.05) is 19.1 Å². The van der Waals surface area contributed by atoms with E-state index in [4.69, 9.17) is 40.5 Å². The van der Waals surface area contributed by atoms with Crippen molar-refractivity contribution in [2.45, 2.75) is 18.9 Å². The topological polar surface area (TPSA) is 46.2 Å².